The zero-order valence-electron chi connectivity index (χ0n) is 10.4. The summed E-state index contributed by atoms with van der Waals surface area (Å²) < 4.78 is 5.47. The molecule has 0 saturated carbocycles. The summed E-state index contributed by atoms with van der Waals surface area (Å²) in [6.07, 6.45) is 4.30. The van der Waals surface area contributed by atoms with Crippen molar-refractivity contribution in [1.29, 1.82) is 0 Å². The Bertz CT molecular complexity index is 318. The van der Waals surface area contributed by atoms with E-state index in [1.165, 1.54) is 0 Å². The number of nitrogen functional groups attached to an aromatic ring is 1. The van der Waals surface area contributed by atoms with Crippen LogP contribution in [0.2, 0.25) is 0 Å². The number of anilines is 2. The molecule has 4 N–H and O–H groups in total. The molecule has 6 heteroatoms. The number of hydrogen-bond acceptors (Lipinski definition) is 6. The Morgan fingerprint density at radius 1 is 1.29 bits per heavy atom. The molecule has 0 aliphatic rings. The van der Waals surface area contributed by atoms with Gasteiger partial charge in [0.1, 0.15) is 5.82 Å². The van der Waals surface area contributed by atoms with Crippen LogP contribution < -0.4 is 16.6 Å². The molecule has 0 aromatic carbocycles. The molecule has 0 amide bonds. The highest BCUT2D eigenvalue weighted by molar-refractivity contribution is 5.40. The predicted molar refractivity (Wildman–Crippen MR) is 68.6 cm³/mol. The minimum Gasteiger partial charge on any atom is -0.380 e. The van der Waals surface area contributed by atoms with Gasteiger partial charge in [-0.3, -0.25) is 4.98 Å². The second kappa shape index (κ2) is 7.81. The van der Waals surface area contributed by atoms with E-state index in [0.29, 0.717) is 30.7 Å². The first-order chi connectivity index (χ1) is 8.22. The van der Waals surface area contributed by atoms with Crippen LogP contribution >= 0.6 is 0 Å². The molecule has 1 rings (SSSR count). The fraction of sp³-hybridized carbons (Fsp3) is 0.636. The van der Waals surface area contributed by atoms with Crippen LogP contribution in [-0.2, 0) is 4.74 Å². The van der Waals surface area contributed by atoms with Gasteiger partial charge in [-0.25, -0.2) is 10.8 Å². The van der Waals surface area contributed by atoms with Gasteiger partial charge in [0.15, 0.2) is 5.82 Å². The number of nitrogens with zero attached hydrogens (tertiary/aromatic N) is 2. The molecule has 0 bridgehead atoms. The number of hydrazine groups is 1. The quantitative estimate of drug-likeness (QED) is 0.359. The van der Waals surface area contributed by atoms with Gasteiger partial charge in [-0.1, -0.05) is 13.8 Å². The molecule has 96 valence electrons. The summed E-state index contributed by atoms with van der Waals surface area (Å²) in [5, 5.41) is 3.11. The van der Waals surface area contributed by atoms with Crippen molar-refractivity contribution in [3.05, 3.63) is 12.4 Å². The SMILES string of the molecule is CC(C)CCOCCNc1cncc(NN)n1. The lowest BCUT2D eigenvalue weighted by Crippen LogP contribution is -2.14. The maximum atomic E-state index is 5.47. The average molecular weight is 239 g/mol. The fourth-order valence-corrected chi connectivity index (χ4v) is 1.19. The summed E-state index contributed by atoms with van der Waals surface area (Å²) in [6, 6.07) is 0. The molecule has 1 aromatic heterocycles. The summed E-state index contributed by atoms with van der Waals surface area (Å²) in [5.74, 6) is 7.14. The third kappa shape index (κ3) is 6.03. The topological polar surface area (TPSA) is 85.1 Å². The molecule has 0 saturated heterocycles. The highest BCUT2D eigenvalue weighted by Crippen LogP contribution is 2.04. The Kier molecular flexibility index (Phi) is 6.27. The Balaban J connectivity index is 2.13. The molecular weight excluding hydrogens is 218 g/mol. The molecule has 0 atom stereocenters. The number of nitrogens with one attached hydrogen (secondary N) is 2. The Morgan fingerprint density at radius 3 is 2.76 bits per heavy atom. The monoisotopic (exact) mass is 239 g/mol. The van der Waals surface area contributed by atoms with Gasteiger partial charge >= 0.3 is 0 Å². The van der Waals surface area contributed by atoms with E-state index in [0.717, 1.165) is 13.0 Å². The van der Waals surface area contributed by atoms with Crippen LogP contribution in [0, 0.1) is 5.92 Å². The number of ether oxygens (including phenoxy) is 1. The van der Waals surface area contributed by atoms with Gasteiger partial charge < -0.3 is 15.5 Å². The molecule has 17 heavy (non-hydrogen) atoms. The van der Waals surface area contributed by atoms with Crippen molar-refractivity contribution in [2.45, 2.75) is 20.3 Å². The largest absolute Gasteiger partial charge is 0.380 e. The molecule has 6 nitrogen and oxygen atoms in total. The highest BCUT2D eigenvalue weighted by Gasteiger charge is 1.97. The van der Waals surface area contributed by atoms with Crippen molar-refractivity contribution in [3.63, 3.8) is 0 Å². The first-order valence-electron chi connectivity index (χ1n) is 5.82. The van der Waals surface area contributed by atoms with Crippen LogP contribution in [0.15, 0.2) is 12.4 Å². The van der Waals surface area contributed by atoms with Crippen molar-refractivity contribution in [2.75, 3.05) is 30.5 Å². The smallest absolute Gasteiger partial charge is 0.160 e. The lowest BCUT2D eigenvalue weighted by Gasteiger charge is -2.08. The molecule has 0 radical (unpaired) electrons. The van der Waals surface area contributed by atoms with Gasteiger partial charge in [0, 0.05) is 13.2 Å². The average Bonchev–Trinajstić information content (AvgIpc) is 2.33. The summed E-state index contributed by atoms with van der Waals surface area (Å²) in [7, 11) is 0. The number of aromatic nitrogens is 2. The van der Waals surface area contributed by atoms with Gasteiger partial charge in [0.25, 0.3) is 0 Å². The Labute approximate surface area is 102 Å². The van der Waals surface area contributed by atoms with E-state index in [9.17, 15) is 0 Å². The zero-order valence-corrected chi connectivity index (χ0v) is 10.4. The van der Waals surface area contributed by atoms with Gasteiger partial charge in [-0.2, -0.15) is 0 Å². The second-order valence-corrected chi connectivity index (χ2v) is 4.16. The van der Waals surface area contributed by atoms with E-state index in [4.69, 9.17) is 10.6 Å². The van der Waals surface area contributed by atoms with Crippen molar-refractivity contribution in [3.8, 4) is 0 Å². The molecule has 1 aromatic rings. The van der Waals surface area contributed by atoms with Crippen LogP contribution in [0.4, 0.5) is 11.6 Å². The van der Waals surface area contributed by atoms with E-state index in [2.05, 4.69) is 34.6 Å². The van der Waals surface area contributed by atoms with Crippen LogP contribution in [0.5, 0.6) is 0 Å². The first kappa shape index (κ1) is 13.7. The van der Waals surface area contributed by atoms with Crippen LogP contribution in [0.1, 0.15) is 20.3 Å². The lowest BCUT2D eigenvalue weighted by molar-refractivity contribution is 0.132. The predicted octanol–water partition coefficient (Wildman–Crippen LogP) is 1.24. The summed E-state index contributed by atoms with van der Waals surface area (Å²) >= 11 is 0. The van der Waals surface area contributed by atoms with Gasteiger partial charge in [0.2, 0.25) is 0 Å². The number of hydrogen-bond donors (Lipinski definition) is 3. The van der Waals surface area contributed by atoms with E-state index in [-0.39, 0.29) is 0 Å². The van der Waals surface area contributed by atoms with Crippen molar-refractivity contribution < 1.29 is 4.74 Å². The minimum atomic E-state index is 0.538. The number of nitrogens with two attached hydrogens (primary N) is 1. The van der Waals surface area contributed by atoms with Gasteiger partial charge in [0.05, 0.1) is 19.0 Å². The molecule has 0 unspecified atom stereocenters. The minimum absolute atomic E-state index is 0.538. The summed E-state index contributed by atoms with van der Waals surface area (Å²) in [5.41, 5.74) is 2.45. The van der Waals surface area contributed by atoms with Crippen LogP contribution in [0.3, 0.4) is 0 Å². The third-order valence-electron chi connectivity index (χ3n) is 2.17. The molecule has 0 spiro atoms. The van der Waals surface area contributed by atoms with Crippen molar-refractivity contribution in [1.82, 2.24) is 9.97 Å². The molecule has 0 fully saturated rings. The molecule has 1 heterocycles. The fourth-order valence-electron chi connectivity index (χ4n) is 1.19. The van der Waals surface area contributed by atoms with Crippen LogP contribution in [-0.4, -0.2) is 29.7 Å². The van der Waals surface area contributed by atoms with E-state index in [1.807, 2.05) is 0 Å². The van der Waals surface area contributed by atoms with E-state index >= 15 is 0 Å². The normalized spacial score (nSPS) is 10.6. The second-order valence-electron chi connectivity index (χ2n) is 4.16. The summed E-state index contributed by atoms with van der Waals surface area (Å²) in [6.45, 7) is 6.54. The highest BCUT2D eigenvalue weighted by atomic mass is 16.5. The van der Waals surface area contributed by atoms with Crippen molar-refractivity contribution in [2.24, 2.45) is 11.8 Å². The Hall–Kier alpha value is -1.40. The Morgan fingerprint density at radius 2 is 2.06 bits per heavy atom. The van der Waals surface area contributed by atoms with E-state index < -0.39 is 0 Å². The van der Waals surface area contributed by atoms with Gasteiger partial charge in [-0.05, 0) is 12.3 Å². The maximum Gasteiger partial charge on any atom is 0.160 e. The standard InChI is InChI=1S/C11H21N5O/c1-9(2)3-5-17-6-4-14-10-7-13-8-11(15-10)16-12/h7-9H,3-6,12H2,1-2H3,(H2,14,15,16). The van der Waals surface area contributed by atoms with Crippen LogP contribution in [0.25, 0.3) is 0 Å². The molecule has 0 aliphatic carbocycles. The van der Waals surface area contributed by atoms with Crippen molar-refractivity contribution >= 4 is 11.6 Å². The van der Waals surface area contributed by atoms with E-state index in [1.54, 1.807) is 12.4 Å². The lowest BCUT2D eigenvalue weighted by atomic mass is 10.1. The molecule has 0 aliphatic heterocycles. The third-order valence-corrected chi connectivity index (χ3v) is 2.17. The molecular formula is C11H21N5O. The van der Waals surface area contributed by atoms with Gasteiger partial charge in [-0.15, -0.1) is 0 Å². The number of rotatable bonds is 8. The zero-order chi connectivity index (χ0) is 12.5. The first-order valence-corrected chi connectivity index (χ1v) is 5.82. The summed E-state index contributed by atoms with van der Waals surface area (Å²) in [4.78, 5) is 8.16. The maximum absolute atomic E-state index is 5.47.